The summed E-state index contributed by atoms with van der Waals surface area (Å²) in [5, 5.41) is 11.0. The highest BCUT2D eigenvalue weighted by molar-refractivity contribution is 5.78. The van der Waals surface area contributed by atoms with Gasteiger partial charge in [0.05, 0.1) is 23.3 Å². The maximum absolute atomic E-state index is 13.2. The van der Waals surface area contributed by atoms with Crippen LogP contribution in [-0.4, -0.2) is 19.7 Å². The van der Waals surface area contributed by atoms with Crippen LogP contribution in [0.2, 0.25) is 0 Å². The topological polar surface area (TPSA) is 55.6 Å². The number of benzene rings is 1. The van der Waals surface area contributed by atoms with Crippen molar-refractivity contribution in [1.29, 1.82) is 0 Å². The minimum atomic E-state index is -0.268. The van der Waals surface area contributed by atoms with E-state index in [-0.39, 0.29) is 5.82 Å². The maximum atomic E-state index is 13.2. The molecule has 0 radical (unpaired) electrons. The van der Waals surface area contributed by atoms with Crippen LogP contribution in [0.4, 0.5) is 10.3 Å². The zero-order chi connectivity index (χ0) is 13.2. The summed E-state index contributed by atoms with van der Waals surface area (Å²) >= 11 is 0. The summed E-state index contributed by atoms with van der Waals surface area (Å²) in [6.45, 7) is 0.521. The van der Waals surface area contributed by atoms with Gasteiger partial charge in [0.15, 0.2) is 0 Å². The van der Waals surface area contributed by atoms with Gasteiger partial charge in [0.2, 0.25) is 5.95 Å². The lowest BCUT2D eigenvalue weighted by Gasteiger charge is -2.04. The van der Waals surface area contributed by atoms with Gasteiger partial charge in [-0.05, 0) is 30.3 Å². The summed E-state index contributed by atoms with van der Waals surface area (Å²) in [6.07, 6.45) is 1.63. The van der Waals surface area contributed by atoms with Crippen molar-refractivity contribution in [3.63, 3.8) is 0 Å². The number of hydrogen-bond donors (Lipinski definition) is 1. The molecule has 3 aromatic rings. The van der Waals surface area contributed by atoms with Gasteiger partial charge in [-0.25, -0.2) is 9.37 Å². The number of hydrogen-bond acceptors (Lipinski definition) is 4. The van der Waals surface area contributed by atoms with Crippen molar-refractivity contribution in [1.82, 2.24) is 19.7 Å². The van der Waals surface area contributed by atoms with E-state index in [0.29, 0.717) is 12.5 Å². The smallest absolute Gasteiger partial charge is 0.203 e. The van der Waals surface area contributed by atoms with Gasteiger partial charge >= 0.3 is 0 Å². The van der Waals surface area contributed by atoms with Crippen molar-refractivity contribution in [3.05, 3.63) is 48.0 Å². The Bertz CT molecular complexity index is 708. The van der Waals surface area contributed by atoms with Gasteiger partial charge < -0.3 is 9.88 Å². The first kappa shape index (κ1) is 11.6. The molecule has 2 aromatic heterocycles. The number of aromatic nitrogens is 4. The lowest BCUT2D eigenvalue weighted by atomic mass is 10.3. The van der Waals surface area contributed by atoms with Gasteiger partial charge in [-0.3, -0.25) is 0 Å². The van der Waals surface area contributed by atoms with Crippen LogP contribution in [0.25, 0.3) is 11.0 Å². The summed E-state index contributed by atoms with van der Waals surface area (Å²) in [4.78, 5) is 4.41. The molecule has 0 fully saturated rings. The van der Waals surface area contributed by atoms with E-state index in [1.165, 1.54) is 12.1 Å². The predicted octanol–water partition coefficient (Wildman–Crippen LogP) is 2.11. The Hall–Kier alpha value is -2.50. The number of halogens is 1. The highest BCUT2D eigenvalue weighted by atomic mass is 19.1. The molecule has 0 amide bonds. The lowest BCUT2D eigenvalue weighted by Crippen LogP contribution is -2.06. The van der Waals surface area contributed by atoms with Crippen molar-refractivity contribution in [2.45, 2.75) is 6.54 Å². The normalized spacial score (nSPS) is 10.8. The van der Waals surface area contributed by atoms with E-state index in [0.717, 1.165) is 16.7 Å². The molecule has 2 heterocycles. The largest absolute Gasteiger partial charge is 0.350 e. The van der Waals surface area contributed by atoms with Crippen molar-refractivity contribution in [3.8, 4) is 0 Å². The van der Waals surface area contributed by atoms with Crippen LogP contribution < -0.4 is 5.32 Å². The van der Waals surface area contributed by atoms with E-state index in [2.05, 4.69) is 20.5 Å². The molecule has 1 aromatic carbocycles. The molecule has 0 atom stereocenters. The second kappa shape index (κ2) is 4.64. The fraction of sp³-hybridized carbons (Fsp3) is 0.154. The molecule has 19 heavy (non-hydrogen) atoms. The molecule has 0 aliphatic carbocycles. The molecular weight excluding hydrogens is 245 g/mol. The molecule has 1 N–H and O–H groups in total. The Kier molecular flexibility index (Phi) is 2.83. The molecule has 0 bridgehead atoms. The molecule has 6 heteroatoms. The monoisotopic (exact) mass is 257 g/mol. The predicted molar refractivity (Wildman–Crippen MR) is 70.0 cm³/mol. The Morgan fingerprint density at radius 2 is 2.21 bits per heavy atom. The summed E-state index contributed by atoms with van der Waals surface area (Å²) < 4.78 is 15.0. The Balaban J connectivity index is 1.87. The number of nitrogens with one attached hydrogen (secondary N) is 1. The van der Waals surface area contributed by atoms with E-state index in [4.69, 9.17) is 0 Å². The highest BCUT2D eigenvalue weighted by Crippen LogP contribution is 2.19. The van der Waals surface area contributed by atoms with Crippen molar-refractivity contribution in [2.24, 2.45) is 7.05 Å². The average molecular weight is 257 g/mol. The molecule has 0 unspecified atom stereocenters. The zero-order valence-corrected chi connectivity index (χ0v) is 10.3. The summed E-state index contributed by atoms with van der Waals surface area (Å²) in [5.74, 6) is 0.405. The molecule has 5 nitrogen and oxygen atoms in total. The number of anilines is 1. The molecule has 0 saturated heterocycles. The first-order chi connectivity index (χ1) is 9.24. The number of fused-ring (bicyclic) bond motifs is 1. The van der Waals surface area contributed by atoms with Gasteiger partial charge in [-0.2, -0.15) is 10.2 Å². The summed E-state index contributed by atoms with van der Waals surface area (Å²) in [6, 6.07) is 8.24. The third kappa shape index (κ3) is 2.24. The van der Waals surface area contributed by atoms with E-state index in [1.54, 1.807) is 12.3 Å². The van der Waals surface area contributed by atoms with Crippen LogP contribution >= 0.6 is 0 Å². The molecule has 3 rings (SSSR count). The van der Waals surface area contributed by atoms with Crippen LogP contribution in [0, 0.1) is 5.82 Å². The van der Waals surface area contributed by atoms with Crippen LogP contribution in [0.1, 0.15) is 5.69 Å². The number of imidazole rings is 1. The fourth-order valence-electron chi connectivity index (χ4n) is 1.92. The van der Waals surface area contributed by atoms with Crippen molar-refractivity contribution < 1.29 is 4.39 Å². The molecule has 0 saturated carbocycles. The average Bonchev–Trinajstić information content (AvgIpc) is 2.74. The van der Waals surface area contributed by atoms with E-state index in [9.17, 15) is 4.39 Å². The molecular formula is C13H12FN5. The Morgan fingerprint density at radius 1 is 1.32 bits per heavy atom. The molecule has 0 aliphatic heterocycles. The SMILES string of the molecule is Cn1c(NCc2cccnn2)nc2ccc(F)cc21. The Labute approximate surface area is 109 Å². The van der Waals surface area contributed by atoms with E-state index in [1.807, 2.05) is 23.7 Å². The zero-order valence-electron chi connectivity index (χ0n) is 10.3. The van der Waals surface area contributed by atoms with Crippen LogP contribution in [0.5, 0.6) is 0 Å². The second-order valence-electron chi connectivity index (χ2n) is 4.20. The van der Waals surface area contributed by atoms with Gasteiger partial charge in [0.1, 0.15) is 5.82 Å². The number of rotatable bonds is 3. The van der Waals surface area contributed by atoms with Gasteiger partial charge in [-0.1, -0.05) is 0 Å². The third-order valence-corrected chi connectivity index (χ3v) is 2.90. The molecule has 96 valence electrons. The highest BCUT2D eigenvalue weighted by Gasteiger charge is 2.08. The summed E-state index contributed by atoms with van der Waals surface area (Å²) in [5.41, 5.74) is 2.33. The third-order valence-electron chi connectivity index (χ3n) is 2.90. The van der Waals surface area contributed by atoms with Crippen LogP contribution in [0.3, 0.4) is 0 Å². The standard InChI is InChI=1S/C13H12FN5/c1-19-12-7-9(14)4-5-11(12)17-13(19)15-8-10-3-2-6-16-18-10/h2-7H,8H2,1H3,(H,15,17). The number of nitrogens with zero attached hydrogens (tertiary/aromatic N) is 4. The van der Waals surface area contributed by atoms with Crippen molar-refractivity contribution in [2.75, 3.05) is 5.32 Å². The van der Waals surface area contributed by atoms with Crippen molar-refractivity contribution >= 4 is 17.0 Å². The van der Waals surface area contributed by atoms with Crippen LogP contribution in [-0.2, 0) is 13.6 Å². The lowest BCUT2D eigenvalue weighted by molar-refractivity contribution is 0.629. The maximum Gasteiger partial charge on any atom is 0.203 e. The van der Waals surface area contributed by atoms with Gasteiger partial charge in [0.25, 0.3) is 0 Å². The van der Waals surface area contributed by atoms with Gasteiger partial charge in [0, 0.05) is 13.2 Å². The van der Waals surface area contributed by atoms with E-state index >= 15 is 0 Å². The first-order valence-electron chi connectivity index (χ1n) is 5.86. The second-order valence-corrected chi connectivity index (χ2v) is 4.20. The van der Waals surface area contributed by atoms with Gasteiger partial charge in [-0.15, -0.1) is 0 Å². The number of aryl methyl sites for hydroxylation is 1. The molecule has 0 aliphatic rings. The summed E-state index contributed by atoms with van der Waals surface area (Å²) in [7, 11) is 1.84. The minimum absolute atomic E-state index is 0.268. The fourth-order valence-corrected chi connectivity index (χ4v) is 1.92. The van der Waals surface area contributed by atoms with Crippen LogP contribution in [0.15, 0.2) is 36.5 Å². The minimum Gasteiger partial charge on any atom is -0.350 e. The Morgan fingerprint density at radius 3 is 3.00 bits per heavy atom. The first-order valence-corrected chi connectivity index (χ1v) is 5.86. The quantitative estimate of drug-likeness (QED) is 0.780. The molecule has 0 spiro atoms. The van der Waals surface area contributed by atoms with E-state index < -0.39 is 0 Å².